The standard InChI is InChI=1S/C10H11N3OS/c1-2-7(11-3-1)10-4-8(13-14-10)9-5-15-6-12-9/h4-7,11H,1-3H2/t7-/m0/s1. The van der Waals surface area contributed by atoms with Crippen LogP contribution in [0, 0.1) is 0 Å². The number of nitrogens with one attached hydrogen (secondary N) is 1. The van der Waals surface area contributed by atoms with Crippen molar-refractivity contribution < 1.29 is 4.52 Å². The first-order valence-corrected chi connectivity index (χ1v) is 5.96. The fourth-order valence-corrected chi connectivity index (χ4v) is 2.39. The van der Waals surface area contributed by atoms with Crippen LogP contribution in [0.3, 0.4) is 0 Å². The molecule has 0 spiro atoms. The van der Waals surface area contributed by atoms with Crippen LogP contribution in [0.25, 0.3) is 11.4 Å². The van der Waals surface area contributed by atoms with E-state index in [0.29, 0.717) is 6.04 Å². The van der Waals surface area contributed by atoms with Crippen molar-refractivity contribution in [3.05, 3.63) is 22.7 Å². The number of hydrogen-bond donors (Lipinski definition) is 1. The van der Waals surface area contributed by atoms with Gasteiger partial charge in [0, 0.05) is 11.4 Å². The lowest BCUT2D eigenvalue weighted by Gasteiger charge is -2.02. The minimum Gasteiger partial charge on any atom is -0.359 e. The Hall–Kier alpha value is -1.20. The first kappa shape index (κ1) is 9.06. The molecule has 5 heteroatoms. The Labute approximate surface area is 91.3 Å². The van der Waals surface area contributed by atoms with Crippen molar-refractivity contribution in [3.8, 4) is 11.4 Å². The largest absolute Gasteiger partial charge is 0.359 e. The van der Waals surface area contributed by atoms with Crippen LogP contribution in [0.2, 0.25) is 0 Å². The van der Waals surface area contributed by atoms with Crippen LogP contribution in [0.1, 0.15) is 24.6 Å². The van der Waals surface area contributed by atoms with Gasteiger partial charge < -0.3 is 9.84 Å². The van der Waals surface area contributed by atoms with Gasteiger partial charge >= 0.3 is 0 Å². The van der Waals surface area contributed by atoms with Crippen LogP contribution in [0.15, 0.2) is 21.5 Å². The monoisotopic (exact) mass is 221 g/mol. The van der Waals surface area contributed by atoms with Crippen molar-refractivity contribution >= 4 is 11.3 Å². The van der Waals surface area contributed by atoms with E-state index in [2.05, 4.69) is 15.5 Å². The van der Waals surface area contributed by atoms with Gasteiger partial charge in [-0.3, -0.25) is 0 Å². The molecule has 15 heavy (non-hydrogen) atoms. The van der Waals surface area contributed by atoms with E-state index in [1.807, 2.05) is 11.4 Å². The van der Waals surface area contributed by atoms with Gasteiger partial charge in [-0.2, -0.15) is 0 Å². The minimum atomic E-state index is 0.338. The Morgan fingerprint density at radius 2 is 2.47 bits per heavy atom. The first-order valence-electron chi connectivity index (χ1n) is 5.02. The maximum Gasteiger partial charge on any atom is 0.154 e. The highest BCUT2D eigenvalue weighted by Gasteiger charge is 2.21. The average molecular weight is 221 g/mol. The Kier molecular flexibility index (Phi) is 2.26. The minimum absolute atomic E-state index is 0.338. The third-order valence-corrected chi connectivity index (χ3v) is 3.21. The molecule has 0 amide bonds. The molecule has 2 aromatic heterocycles. The predicted molar refractivity (Wildman–Crippen MR) is 57.6 cm³/mol. The molecule has 78 valence electrons. The molecule has 0 bridgehead atoms. The molecule has 0 unspecified atom stereocenters. The maximum atomic E-state index is 5.32. The molecule has 3 heterocycles. The van der Waals surface area contributed by atoms with E-state index < -0.39 is 0 Å². The van der Waals surface area contributed by atoms with E-state index in [-0.39, 0.29) is 0 Å². The highest BCUT2D eigenvalue weighted by molar-refractivity contribution is 7.07. The Balaban J connectivity index is 1.87. The topological polar surface area (TPSA) is 51.0 Å². The van der Waals surface area contributed by atoms with Crippen molar-refractivity contribution in [2.45, 2.75) is 18.9 Å². The Morgan fingerprint density at radius 1 is 1.47 bits per heavy atom. The summed E-state index contributed by atoms with van der Waals surface area (Å²) in [6.45, 7) is 1.07. The van der Waals surface area contributed by atoms with Crippen LogP contribution >= 0.6 is 11.3 Å². The van der Waals surface area contributed by atoms with Gasteiger partial charge in [-0.05, 0) is 19.4 Å². The molecule has 3 rings (SSSR count). The second-order valence-corrected chi connectivity index (χ2v) is 4.36. The van der Waals surface area contributed by atoms with E-state index in [4.69, 9.17) is 4.52 Å². The van der Waals surface area contributed by atoms with Crippen LogP contribution in [0.4, 0.5) is 0 Å². The number of thiazole rings is 1. The highest BCUT2D eigenvalue weighted by Crippen LogP contribution is 2.26. The molecule has 0 saturated carbocycles. The molecule has 1 aliphatic rings. The van der Waals surface area contributed by atoms with E-state index in [9.17, 15) is 0 Å². The fraction of sp³-hybridized carbons (Fsp3) is 0.400. The van der Waals surface area contributed by atoms with Gasteiger partial charge in [0.05, 0.1) is 11.6 Å². The summed E-state index contributed by atoms with van der Waals surface area (Å²) in [6.07, 6.45) is 2.34. The molecule has 1 atom stereocenters. The van der Waals surface area contributed by atoms with Crippen molar-refractivity contribution in [2.24, 2.45) is 0 Å². The van der Waals surface area contributed by atoms with Gasteiger partial charge in [-0.1, -0.05) is 5.16 Å². The second-order valence-electron chi connectivity index (χ2n) is 3.64. The van der Waals surface area contributed by atoms with Crippen LogP contribution < -0.4 is 5.32 Å². The van der Waals surface area contributed by atoms with Crippen LogP contribution in [0.5, 0.6) is 0 Å². The molecule has 1 N–H and O–H groups in total. The summed E-state index contributed by atoms with van der Waals surface area (Å²) in [6, 6.07) is 2.32. The molecular formula is C10H11N3OS. The summed E-state index contributed by atoms with van der Waals surface area (Å²) in [5, 5.41) is 9.39. The van der Waals surface area contributed by atoms with Gasteiger partial charge in [0.15, 0.2) is 5.76 Å². The zero-order valence-electron chi connectivity index (χ0n) is 8.14. The predicted octanol–water partition coefficient (Wildman–Crippen LogP) is 2.22. The van der Waals surface area contributed by atoms with E-state index >= 15 is 0 Å². The van der Waals surface area contributed by atoms with Crippen molar-refractivity contribution in [1.82, 2.24) is 15.5 Å². The lowest BCUT2D eigenvalue weighted by molar-refractivity contribution is 0.353. The van der Waals surface area contributed by atoms with Crippen LogP contribution in [-0.4, -0.2) is 16.7 Å². The van der Waals surface area contributed by atoms with Gasteiger partial charge in [0.25, 0.3) is 0 Å². The van der Waals surface area contributed by atoms with Crippen molar-refractivity contribution in [1.29, 1.82) is 0 Å². The number of nitrogens with zero attached hydrogens (tertiary/aromatic N) is 2. The first-order chi connectivity index (χ1) is 7.43. The van der Waals surface area contributed by atoms with Gasteiger partial charge in [-0.15, -0.1) is 11.3 Å². The van der Waals surface area contributed by atoms with Crippen molar-refractivity contribution in [3.63, 3.8) is 0 Å². The summed E-state index contributed by atoms with van der Waals surface area (Å²) in [5.74, 6) is 0.926. The number of aromatic nitrogens is 2. The Morgan fingerprint density at radius 3 is 3.20 bits per heavy atom. The zero-order valence-corrected chi connectivity index (χ0v) is 8.96. The number of rotatable bonds is 2. The average Bonchev–Trinajstić information content (AvgIpc) is 3.02. The quantitative estimate of drug-likeness (QED) is 0.844. The molecule has 4 nitrogen and oxygen atoms in total. The summed E-state index contributed by atoms with van der Waals surface area (Å²) < 4.78 is 5.32. The van der Waals surface area contributed by atoms with Crippen molar-refractivity contribution in [2.75, 3.05) is 6.54 Å². The smallest absolute Gasteiger partial charge is 0.154 e. The molecule has 0 aromatic carbocycles. The summed E-state index contributed by atoms with van der Waals surface area (Å²) in [7, 11) is 0. The summed E-state index contributed by atoms with van der Waals surface area (Å²) in [4.78, 5) is 4.20. The normalized spacial score (nSPS) is 20.9. The van der Waals surface area contributed by atoms with E-state index in [1.54, 1.807) is 16.8 Å². The third-order valence-electron chi connectivity index (χ3n) is 2.63. The lowest BCUT2D eigenvalue weighted by atomic mass is 10.1. The number of hydrogen-bond acceptors (Lipinski definition) is 5. The molecule has 0 radical (unpaired) electrons. The summed E-state index contributed by atoms with van der Waals surface area (Å²) >= 11 is 1.57. The lowest BCUT2D eigenvalue weighted by Crippen LogP contribution is -2.11. The van der Waals surface area contributed by atoms with Gasteiger partial charge in [0.1, 0.15) is 11.4 Å². The molecule has 0 aliphatic carbocycles. The molecular weight excluding hydrogens is 210 g/mol. The van der Waals surface area contributed by atoms with Crippen LogP contribution in [-0.2, 0) is 0 Å². The van der Waals surface area contributed by atoms with Gasteiger partial charge in [0.2, 0.25) is 0 Å². The second kappa shape index (κ2) is 3.75. The molecule has 1 saturated heterocycles. The van der Waals surface area contributed by atoms with E-state index in [0.717, 1.165) is 30.1 Å². The highest BCUT2D eigenvalue weighted by atomic mass is 32.1. The van der Waals surface area contributed by atoms with E-state index in [1.165, 1.54) is 6.42 Å². The molecule has 2 aromatic rings. The molecule has 1 fully saturated rings. The SMILES string of the molecule is c1nc(-c2cc([C@@H]3CCCN3)on2)cs1. The summed E-state index contributed by atoms with van der Waals surface area (Å²) in [5.41, 5.74) is 3.53. The Bertz CT molecular complexity index is 431. The fourth-order valence-electron chi connectivity index (χ4n) is 1.84. The zero-order chi connectivity index (χ0) is 10.1. The van der Waals surface area contributed by atoms with Gasteiger partial charge in [-0.25, -0.2) is 4.98 Å². The molecule has 1 aliphatic heterocycles. The third kappa shape index (κ3) is 1.68. The maximum absolute atomic E-state index is 5.32.